The van der Waals surface area contributed by atoms with E-state index >= 15 is 0 Å². The zero-order chi connectivity index (χ0) is 11.2. The largest absolute Gasteiger partial charge is 0.369 e. The van der Waals surface area contributed by atoms with Crippen molar-refractivity contribution in [2.45, 2.75) is 63.8 Å². The number of ether oxygens (including phenoxy) is 2. The molecular weight excluding hydrogens is 200 g/mol. The van der Waals surface area contributed by atoms with Crippen LogP contribution in [0.15, 0.2) is 11.6 Å². The minimum atomic E-state index is 0.253. The van der Waals surface area contributed by atoms with Gasteiger partial charge in [0, 0.05) is 5.92 Å². The van der Waals surface area contributed by atoms with E-state index in [1.54, 1.807) is 0 Å². The summed E-state index contributed by atoms with van der Waals surface area (Å²) in [5.74, 6) is 0.691. The summed E-state index contributed by atoms with van der Waals surface area (Å²) in [6, 6.07) is 0. The molecule has 1 aliphatic carbocycles. The molecule has 3 aliphatic rings. The maximum absolute atomic E-state index is 5.86. The highest BCUT2D eigenvalue weighted by Gasteiger charge is 2.60. The molecule has 3 rings (SSSR count). The van der Waals surface area contributed by atoms with Crippen LogP contribution in [0.2, 0.25) is 0 Å². The summed E-state index contributed by atoms with van der Waals surface area (Å²) >= 11 is 0. The van der Waals surface area contributed by atoms with Crippen LogP contribution in [-0.2, 0) is 9.47 Å². The first-order valence-corrected chi connectivity index (χ1v) is 6.64. The third-order valence-electron chi connectivity index (χ3n) is 4.33. The summed E-state index contributed by atoms with van der Waals surface area (Å²) < 4.78 is 11.6. The van der Waals surface area contributed by atoms with Gasteiger partial charge in [-0.1, -0.05) is 24.5 Å². The standard InChI is InChI=1S/C14H22O2/c1-10(2)6-7-12-13(16-12)11-5-3-4-8-14(11)9-15-14/h6,11-13H,3-5,7-9H2,1-2H3. The maximum atomic E-state index is 5.86. The van der Waals surface area contributed by atoms with E-state index in [9.17, 15) is 0 Å². The van der Waals surface area contributed by atoms with Crippen LogP contribution in [0.1, 0.15) is 46.0 Å². The van der Waals surface area contributed by atoms with Crippen LogP contribution >= 0.6 is 0 Å². The van der Waals surface area contributed by atoms with Crippen LogP contribution in [0.4, 0.5) is 0 Å². The Bertz CT molecular complexity index is 300. The van der Waals surface area contributed by atoms with E-state index in [1.165, 1.54) is 31.3 Å². The van der Waals surface area contributed by atoms with Gasteiger partial charge >= 0.3 is 0 Å². The van der Waals surface area contributed by atoms with Crippen LogP contribution in [-0.4, -0.2) is 24.4 Å². The molecular formula is C14H22O2. The van der Waals surface area contributed by atoms with Crippen molar-refractivity contribution in [1.29, 1.82) is 0 Å². The number of hydrogen-bond donors (Lipinski definition) is 0. The molecule has 0 aromatic heterocycles. The third-order valence-corrected chi connectivity index (χ3v) is 4.33. The third kappa shape index (κ3) is 1.93. The first-order chi connectivity index (χ1) is 7.71. The molecule has 0 bridgehead atoms. The van der Waals surface area contributed by atoms with Crippen molar-refractivity contribution in [3.05, 3.63) is 11.6 Å². The zero-order valence-corrected chi connectivity index (χ0v) is 10.4. The molecule has 2 heterocycles. The molecule has 2 heteroatoms. The summed E-state index contributed by atoms with van der Waals surface area (Å²) in [6.45, 7) is 5.31. The minimum absolute atomic E-state index is 0.253. The van der Waals surface area contributed by atoms with Crippen molar-refractivity contribution in [2.24, 2.45) is 5.92 Å². The molecule has 0 amide bonds. The molecule has 4 atom stereocenters. The van der Waals surface area contributed by atoms with E-state index in [1.807, 2.05) is 0 Å². The van der Waals surface area contributed by atoms with Crippen molar-refractivity contribution >= 4 is 0 Å². The van der Waals surface area contributed by atoms with Gasteiger partial charge in [0.15, 0.2) is 0 Å². The highest BCUT2D eigenvalue weighted by atomic mass is 16.6. The zero-order valence-electron chi connectivity index (χ0n) is 10.4. The van der Waals surface area contributed by atoms with Crippen molar-refractivity contribution in [1.82, 2.24) is 0 Å². The van der Waals surface area contributed by atoms with Gasteiger partial charge in [-0.3, -0.25) is 0 Å². The quantitative estimate of drug-likeness (QED) is 0.541. The van der Waals surface area contributed by atoms with Gasteiger partial charge in [-0.05, 0) is 33.1 Å². The Morgan fingerprint density at radius 2 is 2.19 bits per heavy atom. The summed E-state index contributed by atoms with van der Waals surface area (Å²) in [6.07, 6.45) is 9.68. The van der Waals surface area contributed by atoms with Gasteiger partial charge < -0.3 is 9.47 Å². The van der Waals surface area contributed by atoms with Gasteiger partial charge in [-0.15, -0.1) is 0 Å². The molecule has 0 N–H and O–H groups in total. The number of allylic oxidation sites excluding steroid dienone is 1. The molecule has 16 heavy (non-hydrogen) atoms. The molecule has 0 aromatic rings. The van der Waals surface area contributed by atoms with Crippen molar-refractivity contribution < 1.29 is 9.47 Å². The van der Waals surface area contributed by atoms with Gasteiger partial charge in [0.1, 0.15) is 0 Å². The van der Waals surface area contributed by atoms with Gasteiger partial charge in [0.2, 0.25) is 0 Å². The van der Waals surface area contributed by atoms with E-state index in [-0.39, 0.29) is 5.60 Å². The maximum Gasteiger partial charge on any atom is 0.0970 e. The highest BCUT2D eigenvalue weighted by Crippen LogP contribution is 2.52. The molecule has 0 radical (unpaired) electrons. The Morgan fingerprint density at radius 3 is 2.88 bits per heavy atom. The summed E-state index contributed by atoms with van der Waals surface area (Å²) in [4.78, 5) is 0. The minimum Gasteiger partial charge on any atom is -0.369 e. The summed E-state index contributed by atoms with van der Waals surface area (Å²) in [5, 5.41) is 0. The Labute approximate surface area is 98.0 Å². The fraction of sp³-hybridized carbons (Fsp3) is 0.857. The SMILES string of the molecule is CC(C)=CCC1OC1C1CCCCC12CO2. The van der Waals surface area contributed by atoms with Crippen LogP contribution in [0.25, 0.3) is 0 Å². The van der Waals surface area contributed by atoms with Gasteiger partial charge in [-0.25, -0.2) is 0 Å². The molecule has 1 spiro atoms. The van der Waals surface area contributed by atoms with E-state index in [4.69, 9.17) is 9.47 Å². The lowest BCUT2D eigenvalue weighted by atomic mass is 9.76. The number of epoxide rings is 2. The lowest BCUT2D eigenvalue weighted by Gasteiger charge is -2.27. The Hall–Kier alpha value is -0.340. The second-order valence-corrected chi connectivity index (χ2v) is 5.86. The van der Waals surface area contributed by atoms with Crippen molar-refractivity contribution in [3.8, 4) is 0 Å². The number of hydrogen-bond acceptors (Lipinski definition) is 2. The smallest absolute Gasteiger partial charge is 0.0970 e. The van der Waals surface area contributed by atoms with E-state index in [0.29, 0.717) is 18.1 Å². The average Bonchev–Trinajstić information content (AvgIpc) is 3.14. The summed E-state index contributed by atoms with van der Waals surface area (Å²) in [7, 11) is 0. The van der Waals surface area contributed by atoms with Crippen LogP contribution in [0.3, 0.4) is 0 Å². The fourth-order valence-corrected chi connectivity index (χ4v) is 3.20. The second kappa shape index (κ2) is 3.85. The Morgan fingerprint density at radius 1 is 1.38 bits per heavy atom. The Kier molecular flexibility index (Phi) is 2.60. The van der Waals surface area contributed by atoms with Gasteiger partial charge in [-0.2, -0.15) is 0 Å². The predicted molar refractivity (Wildman–Crippen MR) is 63.4 cm³/mol. The van der Waals surface area contributed by atoms with Crippen molar-refractivity contribution in [2.75, 3.05) is 6.61 Å². The lowest BCUT2D eigenvalue weighted by molar-refractivity contribution is 0.130. The molecule has 3 fully saturated rings. The Balaban J connectivity index is 1.57. The van der Waals surface area contributed by atoms with Crippen LogP contribution in [0.5, 0.6) is 0 Å². The molecule has 2 saturated heterocycles. The topological polar surface area (TPSA) is 25.1 Å². The molecule has 1 saturated carbocycles. The van der Waals surface area contributed by atoms with E-state index < -0.39 is 0 Å². The van der Waals surface area contributed by atoms with Crippen LogP contribution < -0.4 is 0 Å². The monoisotopic (exact) mass is 222 g/mol. The highest BCUT2D eigenvalue weighted by molar-refractivity contribution is 5.10. The fourth-order valence-electron chi connectivity index (χ4n) is 3.20. The summed E-state index contributed by atoms with van der Waals surface area (Å²) in [5.41, 5.74) is 1.65. The first-order valence-electron chi connectivity index (χ1n) is 6.64. The molecule has 2 nitrogen and oxygen atoms in total. The molecule has 0 aromatic carbocycles. The van der Waals surface area contributed by atoms with Crippen LogP contribution in [0, 0.1) is 5.92 Å². The van der Waals surface area contributed by atoms with Gasteiger partial charge in [0.25, 0.3) is 0 Å². The first kappa shape index (κ1) is 10.8. The molecule has 4 unspecified atom stereocenters. The van der Waals surface area contributed by atoms with Gasteiger partial charge in [0.05, 0.1) is 24.4 Å². The van der Waals surface area contributed by atoms with E-state index in [0.717, 1.165) is 13.0 Å². The molecule has 2 aliphatic heterocycles. The van der Waals surface area contributed by atoms with Crippen molar-refractivity contribution in [3.63, 3.8) is 0 Å². The van der Waals surface area contributed by atoms with E-state index in [2.05, 4.69) is 19.9 Å². The second-order valence-electron chi connectivity index (χ2n) is 5.86. The number of rotatable bonds is 3. The normalized spacial score (nSPS) is 45.5. The average molecular weight is 222 g/mol. The molecule has 90 valence electrons. The lowest BCUT2D eigenvalue weighted by Crippen LogP contribution is -2.33. The predicted octanol–water partition coefficient (Wildman–Crippen LogP) is 3.07.